The van der Waals surface area contributed by atoms with Crippen molar-refractivity contribution in [2.45, 2.75) is 24.8 Å². The maximum atomic E-state index is 13.9. The van der Waals surface area contributed by atoms with E-state index in [4.69, 9.17) is 4.74 Å². The summed E-state index contributed by atoms with van der Waals surface area (Å²) in [7, 11) is -3.91. The Bertz CT molecular complexity index is 828. The van der Waals surface area contributed by atoms with E-state index in [0.29, 0.717) is 19.1 Å². The van der Waals surface area contributed by atoms with Gasteiger partial charge in [-0.2, -0.15) is 4.31 Å². The number of benzene rings is 1. The number of carbonyl (C=O) groups excluding carboxylic acids is 1. The van der Waals surface area contributed by atoms with Crippen LogP contribution in [-0.4, -0.2) is 93.6 Å². The largest absolute Gasteiger partial charge is 0.374 e. The van der Waals surface area contributed by atoms with Gasteiger partial charge in [0.2, 0.25) is 10.0 Å². The standard InChI is InChI=1S/C20H31FN4O4S/c1-16(2)14-23-11-12-29-17(15-23)13-22-20(26)24-7-9-25(10-8-24)30(27,28)19-6-4-3-5-18(19)21/h3-6,16-17H,7-15H2,1-2H3,(H,22,26)/t17-/m1/s1. The first-order valence-corrected chi connectivity index (χ1v) is 11.8. The first-order valence-electron chi connectivity index (χ1n) is 10.4. The number of hydrogen-bond donors (Lipinski definition) is 1. The van der Waals surface area contributed by atoms with E-state index in [0.717, 1.165) is 25.7 Å². The smallest absolute Gasteiger partial charge is 0.317 e. The van der Waals surface area contributed by atoms with Gasteiger partial charge in [0.25, 0.3) is 0 Å². The van der Waals surface area contributed by atoms with Crippen LogP contribution in [0.3, 0.4) is 0 Å². The molecule has 2 aliphatic heterocycles. The summed E-state index contributed by atoms with van der Waals surface area (Å²) >= 11 is 0. The number of sulfonamides is 1. The number of urea groups is 1. The van der Waals surface area contributed by atoms with Crippen molar-refractivity contribution in [2.75, 3.05) is 59.0 Å². The van der Waals surface area contributed by atoms with Gasteiger partial charge in [0.05, 0.1) is 12.7 Å². The van der Waals surface area contributed by atoms with Gasteiger partial charge in [0.1, 0.15) is 10.7 Å². The third kappa shape index (κ3) is 5.69. The van der Waals surface area contributed by atoms with Gasteiger partial charge in [-0.05, 0) is 18.1 Å². The van der Waals surface area contributed by atoms with E-state index in [9.17, 15) is 17.6 Å². The van der Waals surface area contributed by atoms with Crippen LogP contribution in [0.25, 0.3) is 0 Å². The second-order valence-electron chi connectivity index (χ2n) is 8.15. The van der Waals surface area contributed by atoms with Crippen LogP contribution < -0.4 is 5.32 Å². The lowest BCUT2D eigenvalue weighted by molar-refractivity contribution is -0.0294. The van der Waals surface area contributed by atoms with Crippen molar-refractivity contribution in [1.29, 1.82) is 0 Å². The van der Waals surface area contributed by atoms with E-state index in [-0.39, 0.29) is 43.2 Å². The molecule has 0 saturated carbocycles. The fraction of sp³-hybridized carbons (Fsp3) is 0.650. The summed E-state index contributed by atoms with van der Waals surface area (Å²) in [5.74, 6) is -0.188. The Morgan fingerprint density at radius 2 is 1.90 bits per heavy atom. The van der Waals surface area contributed by atoms with Gasteiger partial charge in [-0.3, -0.25) is 4.90 Å². The van der Waals surface area contributed by atoms with Gasteiger partial charge in [0.15, 0.2) is 0 Å². The maximum absolute atomic E-state index is 13.9. The van der Waals surface area contributed by atoms with Crippen LogP contribution in [0.15, 0.2) is 29.2 Å². The van der Waals surface area contributed by atoms with Gasteiger partial charge in [-0.25, -0.2) is 17.6 Å². The Hall–Kier alpha value is -1.75. The van der Waals surface area contributed by atoms with Crippen molar-refractivity contribution in [1.82, 2.24) is 19.4 Å². The van der Waals surface area contributed by atoms with E-state index in [1.807, 2.05) is 0 Å². The summed E-state index contributed by atoms with van der Waals surface area (Å²) in [6.07, 6.45) is -0.0517. The van der Waals surface area contributed by atoms with Gasteiger partial charge in [0, 0.05) is 52.4 Å². The zero-order valence-corrected chi connectivity index (χ0v) is 18.4. The first-order chi connectivity index (χ1) is 14.3. The molecule has 168 valence electrons. The molecule has 2 heterocycles. The highest BCUT2D eigenvalue weighted by molar-refractivity contribution is 7.89. The molecule has 1 aromatic carbocycles. The number of rotatable bonds is 6. The summed E-state index contributed by atoms with van der Waals surface area (Å²) in [6, 6.07) is 5.11. The molecule has 0 spiro atoms. The molecule has 8 nitrogen and oxygen atoms in total. The predicted octanol–water partition coefficient (Wildman–Crippen LogP) is 1.20. The molecule has 30 heavy (non-hydrogen) atoms. The number of nitrogens with zero attached hydrogens (tertiary/aromatic N) is 3. The monoisotopic (exact) mass is 442 g/mol. The molecule has 2 fully saturated rings. The average Bonchev–Trinajstić information content (AvgIpc) is 2.72. The van der Waals surface area contributed by atoms with Crippen LogP contribution in [0.5, 0.6) is 0 Å². The summed E-state index contributed by atoms with van der Waals surface area (Å²) in [5, 5.41) is 2.90. The zero-order valence-electron chi connectivity index (χ0n) is 17.6. The molecule has 1 atom stereocenters. The molecule has 1 aromatic rings. The highest BCUT2D eigenvalue weighted by Gasteiger charge is 2.32. The SMILES string of the molecule is CC(C)CN1CCO[C@H](CNC(=O)N2CCN(S(=O)(=O)c3ccccc3F)CC2)C1. The molecule has 3 rings (SSSR count). The van der Waals surface area contributed by atoms with E-state index in [1.165, 1.54) is 22.5 Å². The molecule has 0 radical (unpaired) electrons. The van der Waals surface area contributed by atoms with Crippen LogP contribution in [0, 0.1) is 11.7 Å². The van der Waals surface area contributed by atoms with Crippen molar-refractivity contribution >= 4 is 16.1 Å². The summed E-state index contributed by atoms with van der Waals surface area (Å²) in [6.45, 7) is 8.89. The van der Waals surface area contributed by atoms with Gasteiger partial charge >= 0.3 is 6.03 Å². The number of nitrogens with one attached hydrogen (secondary N) is 1. The first kappa shape index (κ1) is 22.9. The van der Waals surface area contributed by atoms with Crippen LogP contribution >= 0.6 is 0 Å². The molecule has 2 aliphatic rings. The van der Waals surface area contributed by atoms with Crippen molar-refractivity contribution in [3.05, 3.63) is 30.1 Å². The summed E-state index contributed by atoms with van der Waals surface area (Å²) < 4.78 is 46.2. The zero-order chi connectivity index (χ0) is 21.7. The quantitative estimate of drug-likeness (QED) is 0.716. The number of hydrogen-bond acceptors (Lipinski definition) is 5. The topological polar surface area (TPSA) is 82.2 Å². The molecule has 0 bridgehead atoms. The normalized spacial score (nSPS) is 21.7. The summed E-state index contributed by atoms with van der Waals surface area (Å²) in [4.78, 5) is 16.1. The van der Waals surface area contributed by atoms with Crippen molar-refractivity contribution < 1.29 is 22.3 Å². The van der Waals surface area contributed by atoms with E-state index in [2.05, 4.69) is 24.1 Å². The maximum Gasteiger partial charge on any atom is 0.317 e. The van der Waals surface area contributed by atoms with Crippen LogP contribution in [0.4, 0.5) is 9.18 Å². The number of morpholine rings is 1. The Balaban J connectivity index is 1.47. The molecule has 10 heteroatoms. The number of carbonyl (C=O) groups is 1. The third-order valence-electron chi connectivity index (χ3n) is 5.31. The van der Waals surface area contributed by atoms with Gasteiger partial charge in [-0.1, -0.05) is 26.0 Å². The fourth-order valence-electron chi connectivity index (χ4n) is 3.82. The molecule has 0 unspecified atom stereocenters. The number of ether oxygens (including phenoxy) is 1. The van der Waals surface area contributed by atoms with Crippen LogP contribution in [-0.2, 0) is 14.8 Å². The highest BCUT2D eigenvalue weighted by Crippen LogP contribution is 2.20. The van der Waals surface area contributed by atoms with E-state index in [1.54, 1.807) is 4.90 Å². The third-order valence-corrected chi connectivity index (χ3v) is 7.24. The van der Waals surface area contributed by atoms with Gasteiger partial charge < -0.3 is 15.0 Å². The predicted molar refractivity (Wildman–Crippen MR) is 111 cm³/mol. The van der Waals surface area contributed by atoms with E-state index < -0.39 is 15.8 Å². The lowest BCUT2D eigenvalue weighted by Crippen LogP contribution is -2.55. The molecular weight excluding hydrogens is 411 g/mol. The molecular formula is C20H31FN4O4S. The second kappa shape index (κ2) is 10.0. The van der Waals surface area contributed by atoms with Crippen LogP contribution in [0.2, 0.25) is 0 Å². The highest BCUT2D eigenvalue weighted by atomic mass is 32.2. The molecule has 2 saturated heterocycles. The Labute approximate surface area is 178 Å². The fourth-order valence-corrected chi connectivity index (χ4v) is 5.31. The number of halogens is 1. The molecule has 1 N–H and O–H groups in total. The molecule has 0 aromatic heterocycles. The second-order valence-corrected chi connectivity index (χ2v) is 10.1. The Morgan fingerprint density at radius 1 is 1.20 bits per heavy atom. The lowest BCUT2D eigenvalue weighted by atomic mass is 10.2. The van der Waals surface area contributed by atoms with Crippen molar-refractivity contribution in [3.63, 3.8) is 0 Å². The van der Waals surface area contributed by atoms with E-state index >= 15 is 0 Å². The van der Waals surface area contributed by atoms with Crippen LogP contribution in [0.1, 0.15) is 13.8 Å². The Kier molecular flexibility index (Phi) is 7.67. The lowest BCUT2D eigenvalue weighted by Gasteiger charge is -2.36. The van der Waals surface area contributed by atoms with Crippen molar-refractivity contribution in [2.24, 2.45) is 5.92 Å². The van der Waals surface area contributed by atoms with Crippen molar-refractivity contribution in [3.8, 4) is 0 Å². The minimum Gasteiger partial charge on any atom is -0.374 e. The summed E-state index contributed by atoms with van der Waals surface area (Å²) in [5.41, 5.74) is 0. The van der Waals surface area contributed by atoms with Gasteiger partial charge in [-0.15, -0.1) is 0 Å². The molecule has 2 amide bonds. The average molecular weight is 443 g/mol. The Morgan fingerprint density at radius 3 is 2.57 bits per heavy atom. The number of piperazine rings is 1. The minimum absolute atomic E-state index is 0.0517. The molecule has 0 aliphatic carbocycles. The number of amides is 2. The minimum atomic E-state index is -3.91.